The maximum absolute atomic E-state index is 13.1. The van der Waals surface area contributed by atoms with Gasteiger partial charge in [0.15, 0.2) is 11.5 Å². The minimum Gasteiger partial charge on any atom is -0.493 e. The third-order valence-electron chi connectivity index (χ3n) is 5.92. The van der Waals surface area contributed by atoms with Gasteiger partial charge in [0.2, 0.25) is 15.9 Å². The van der Waals surface area contributed by atoms with Gasteiger partial charge in [0.25, 0.3) is 0 Å². The smallest absolute Gasteiger partial charge is 0.243 e. The highest BCUT2D eigenvalue weighted by molar-refractivity contribution is 7.89. The number of piperidine rings is 1. The highest BCUT2D eigenvalue weighted by atomic mass is 32.2. The molecule has 0 aliphatic carbocycles. The van der Waals surface area contributed by atoms with Gasteiger partial charge in [0, 0.05) is 30.8 Å². The Morgan fingerprint density at radius 2 is 1.49 bits per heavy atom. The van der Waals surface area contributed by atoms with Crippen molar-refractivity contribution in [3.8, 4) is 23.0 Å². The first kappa shape index (κ1) is 24.6. The van der Waals surface area contributed by atoms with Gasteiger partial charge < -0.3 is 19.5 Å². The van der Waals surface area contributed by atoms with Crippen molar-refractivity contribution in [2.75, 3.05) is 32.6 Å². The molecule has 4 rings (SSSR count). The Bertz CT molecular complexity index is 1250. The van der Waals surface area contributed by atoms with Crippen molar-refractivity contribution in [2.45, 2.75) is 17.7 Å². The van der Waals surface area contributed by atoms with Crippen LogP contribution in [0.3, 0.4) is 0 Å². The topological polar surface area (TPSA) is 94.2 Å². The molecule has 1 fully saturated rings. The molecular formula is C26H28N2O6S. The van der Waals surface area contributed by atoms with Gasteiger partial charge in [-0.05, 0) is 61.4 Å². The van der Waals surface area contributed by atoms with E-state index < -0.39 is 10.0 Å². The van der Waals surface area contributed by atoms with E-state index in [1.54, 1.807) is 30.3 Å². The van der Waals surface area contributed by atoms with Crippen LogP contribution in [0.1, 0.15) is 12.8 Å². The highest BCUT2D eigenvalue weighted by Gasteiger charge is 2.32. The largest absolute Gasteiger partial charge is 0.493 e. The summed E-state index contributed by atoms with van der Waals surface area (Å²) in [5.41, 5.74) is 0.663. The number of anilines is 1. The van der Waals surface area contributed by atoms with Crippen LogP contribution in [0, 0.1) is 5.92 Å². The number of ether oxygens (including phenoxy) is 3. The molecular weight excluding hydrogens is 468 g/mol. The number of hydrogen-bond donors (Lipinski definition) is 1. The molecule has 3 aromatic rings. The first-order valence-corrected chi connectivity index (χ1v) is 12.7. The van der Waals surface area contributed by atoms with E-state index in [2.05, 4.69) is 5.32 Å². The lowest BCUT2D eigenvalue weighted by Crippen LogP contribution is -2.41. The Morgan fingerprint density at radius 1 is 0.857 bits per heavy atom. The molecule has 0 radical (unpaired) electrons. The van der Waals surface area contributed by atoms with Gasteiger partial charge in [-0.25, -0.2) is 8.42 Å². The summed E-state index contributed by atoms with van der Waals surface area (Å²) in [6.45, 7) is 0.525. The highest BCUT2D eigenvalue weighted by Crippen LogP contribution is 2.32. The number of para-hydroxylation sites is 1. The molecule has 9 heteroatoms. The zero-order chi connectivity index (χ0) is 24.8. The first-order valence-electron chi connectivity index (χ1n) is 11.3. The maximum Gasteiger partial charge on any atom is 0.243 e. The second kappa shape index (κ2) is 10.8. The number of sulfonamides is 1. The van der Waals surface area contributed by atoms with Crippen molar-refractivity contribution < 1.29 is 27.4 Å². The number of nitrogens with one attached hydrogen (secondary N) is 1. The summed E-state index contributed by atoms with van der Waals surface area (Å²) >= 11 is 0. The molecule has 1 aliphatic heterocycles. The summed E-state index contributed by atoms with van der Waals surface area (Å²) in [5.74, 6) is 1.82. The van der Waals surface area contributed by atoms with Gasteiger partial charge in [-0.3, -0.25) is 4.79 Å². The Kier molecular flexibility index (Phi) is 7.57. The number of methoxy groups -OCH3 is 2. The molecule has 0 aromatic heterocycles. The van der Waals surface area contributed by atoms with Crippen LogP contribution in [0.5, 0.6) is 23.0 Å². The molecule has 1 saturated heterocycles. The Labute approximate surface area is 205 Å². The number of hydrogen-bond acceptors (Lipinski definition) is 6. The van der Waals surface area contributed by atoms with Crippen LogP contribution >= 0.6 is 0 Å². The van der Waals surface area contributed by atoms with E-state index in [0.717, 1.165) is 5.75 Å². The summed E-state index contributed by atoms with van der Waals surface area (Å²) in [5, 5.41) is 2.92. The van der Waals surface area contributed by atoms with Gasteiger partial charge >= 0.3 is 0 Å². The summed E-state index contributed by atoms with van der Waals surface area (Å²) in [6.07, 6.45) is 0.876. The van der Waals surface area contributed by atoms with E-state index >= 15 is 0 Å². The second-order valence-corrected chi connectivity index (χ2v) is 10.1. The van der Waals surface area contributed by atoms with E-state index in [1.165, 1.54) is 30.7 Å². The average Bonchev–Trinajstić information content (AvgIpc) is 2.90. The van der Waals surface area contributed by atoms with E-state index in [0.29, 0.717) is 35.8 Å². The van der Waals surface area contributed by atoms with Gasteiger partial charge in [-0.1, -0.05) is 18.2 Å². The maximum atomic E-state index is 13.1. The third kappa shape index (κ3) is 5.75. The monoisotopic (exact) mass is 496 g/mol. The van der Waals surface area contributed by atoms with Crippen LogP contribution in [-0.4, -0.2) is 45.9 Å². The fourth-order valence-electron chi connectivity index (χ4n) is 3.96. The number of carbonyl (C=O) groups excluding carboxylic acids is 1. The number of nitrogens with zero attached hydrogens (tertiary/aromatic N) is 1. The SMILES string of the molecule is COc1ccc(S(=O)(=O)N2CCC(C(=O)Nc3ccc(Oc4ccccc4)cc3)CC2)cc1OC. The first-order chi connectivity index (χ1) is 16.9. The fourth-order valence-corrected chi connectivity index (χ4v) is 5.45. The third-order valence-corrected chi connectivity index (χ3v) is 7.81. The van der Waals surface area contributed by atoms with Crippen molar-refractivity contribution in [2.24, 2.45) is 5.92 Å². The van der Waals surface area contributed by atoms with E-state index in [1.807, 2.05) is 30.3 Å². The lowest BCUT2D eigenvalue weighted by Gasteiger charge is -2.30. The van der Waals surface area contributed by atoms with Crippen LogP contribution < -0.4 is 19.5 Å². The molecule has 184 valence electrons. The second-order valence-electron chi connectivity index (χ2n) is 8.12. The van der Waals surface area contributed by atoms with Gasteiger partial charge in [-0.15, -0.1) is 0 Å². The number of rotatable bonds is 8. The molecule has 0 spiro atoms. The predicted molar refractivity (Wildman–Crippen MR) is 133 cm³/mol. The van der Waals surface area contributed by atoms with Crippen molar-refractivity contribution >= 4 is 21.6 Å². The minimum absolute atomic E-state index is 0.120. The molecule has 3 aromatic carbocycles. The fraction of sp³-hybridized carbons (Fsp3) is 0.269. The van der Waals surface area contributed by atoms with E-state index in [-0.39, 0.29) is 29.8 Å². The predicted octanol–water partition coefficient (Wildman–Crippen LogP) is 4.54. The van der Waals surface area contributed by atoms with Crippen LogP contribution in [0.4, 0.5) is 5.69 Å². The standard InChI is InChI=1S/C26H28N2O6S/c1-32-24-13-12-23(18-25(24)33-2)35(30,31)28-16-14-19(15-17-28)26(29)27-20-8-10-22(11-9-20)34-21-6-4-3-5-7-21/h3-13,18-19H,14-17H2,1-2H3,(H,27,29). The van der Waals surface area contributed by atoms with Crippen LogP contribution in [0.25, 0.3) is 0 Å². The van der Waals surface area contributed by atoms with E-state index in [4.69, 9.17) is 14.2 Å². The summed E-state index contributed by atoms with van der Waals surface area (Å²) in [4.78, 5) is 12.9. The summed E-state index contributed by atoms with van der Waals surface area (Å²) in [6, 6.07) is 21.1. The van der Waals surface area contributed by atoms with Crippen LogP contribution in [0.15, 0.2) is 77.7 Å². The number of amides is 1. The van der Waals surface area contributed by atoms with E-state index in [9.17, 15) is 13.2 Å². The molecule has 35 heavy (non-hydrogen) atoms. The molecule has 1 aliphatic rings. The summed E-state index contributed by atoms with van der Waals surface area (Å²) < 4.78 is 43.8. The lowest BCUT2D eigenvalue weighted by atomic mass is 9.97. The Balaban J connectivity index is 1.33. The molecule has 1 N–H and O–H groups in total. The molecule has 0 saturated carbocycles. The molecule has 0 atom stereocenters. The molecule has 0 bridgehead atoms. The molecule has 1 amide bonds. The Hall–Kier alpha value is -3.56. The Morgan fingerprint density at radius 3 is 2.11 bits per heavy atom. The zero-order valence-electron chi connectivity index (χ0n) is 19.6. The number of carbonyl (C=O) groups is 1. The quantitative estimate of drug-likeness (QED) is 0.492. The van der Waals surface area contributed by atoms with Crippen LogP contribution in [0.2, 0.25) is 0 Å². The van der Waals surface area contributed by atoms with Crippen molar-refractivity contribution in [3.05, 3.63) is 72.8 Å². The minimum atomic E-state index is -3.71. The lowest BCUT2D eigenvalue weighted by molar-refractivity contribution is -0.120. The zero-order valence-corrected chi connectivity index (χ0v) is 20.5. The normalized spacial score (nSPS) is 14.8. The van der Waals surface area contributed by atoms with Crippen molar-refractivity contribution in [3.63, 3.8) is 0 Å². The summed E-state index contributed by atoms with van der Waals surface area (Å²) in [7, 11) is -0.751. The average molecular weight is 497 g/mol. The molecule has 8 nitrogen and oxygen atoms in total. The van der Waals surface area contributed by atoms with Gasteiger partial charge in [0.1, 0.15) is 11.5 Å². The molecule has 0 unspecified atom stereocenters. The number of benzene rings is 3. The van der Waals surface area contributed by atoms with Crippen molar-refractivity contribution in [1.29, 1.82) is 0 Å². The van der Waals surface area contributed by atoms with Gasteiger partial charge in [0.05, 0.1) is 19.1 Å². The van der Waals surface area contributed by atoms with Gasteiger partial charge in [-0.2, -0.15) is 4.31 Å². The van der Waals surface area contributed by atoms with Crippen molar-refractivity contribution in [1.82, 2.24) is 4.31 Å². The van der Waals surface area contributed by atoms with Crippen LogP contribution in [-0.2, 0) is 14.8 Å². The molecule has 1 heterocycles.